The zero-order valence-corrected chi connectivity index (χ0v) is 9.89. The number of rotatable bonds is 3. The maximum Gasteiger partial charge on any atom is 0.293 e. The number of hydrogen-bond acceptors (Lipinski definition) is 5. The third-order valence-electron chi connectivity index (χ3n) is 1.87. The highest BCUT2D eigenvalue weighted by atomic mass is 16.6. The molecule has 6 heteroatoms. The highest BCUT2D eigenvalue weighted by Crippen LogP contribution is 2.24. The molecule has 1 aromatic rings. The van der Waals surface area contributed by atoms with Crippen LogP contribution in [0, 0.1) is 10.1 Å². The number of carbonyl (C=O) groups is 2. The van der Waals surface area contributed by atoms with Gasteiger partial charge in [-0.05, 0) is 26.0 Å². The molecule has 0 aliphatic rings. The van der Waals surface area contributed by atoms with Crippen molar-refractivity contribution in [3.63, 3.8) is 0 Å². The van der Waals surface area contributed by atoms with Crippen LogP contribution in [0.3, 0.4) is 0 Å². The summed E-state index contributed by atoms with van der Waals surface area (Å²) < 4.78 is 0. The van der Waals surface area contributed by atoms with E-state index in [-0.39, 0.29) is 11.5 Å². The second kappa shape index (κ2) is 7.10. The monoisotopic (exact) mass is 238 g/mol. The van der Waals surface area contributed by atoms with Gasteiger partial charge in [0, 0.05) is 18.7 Å². The average molecular weight is 238 g/mol. The van der Waals surface area contributed by atoms with Crippen LogP contribution >= 0.6 is 0 Å². The van der Waals surface area contributed by atoms with E-state index >= 15 is 0 Å². The number of anilines is 1. The lowest BCUT2D eigenvalue weighted by molar-refractivity contribution is -0.384. The summed E-state index contributed by atoms with van der Waals surface area (Å²) >= 11 is 0. The fourth-order valence-corrected chi connectivity index (χ4v) is 1.11. The molecule has 0 radical (unpaired) electrons. The van der Waals surface area contributed by atoms with Crippen molar-refractivity contribution >= 4 is 23.4 Å². The number of nitrogens with one attached hydrogen (secondary N) is 1. The van der Waals surface area contributed by atoms with Gasteiger partial charge in [-0.15, -0.1) is 0 Å². The minimum atomic E-state index is -0.516. The topological polar surface area (TPSA) is 89.3 Å². The highest BCUT2D eigenvalue weighted by molar-refractivity contribution is 5.95. The van der Waals surface area contributed by atoms with Gasteiger partial charge in [0.2, 0.25) is 0 Å². The summed E-state index contributed by atoms with van der Waals surface area (Å²) in [5, 5.41) is 13.3. The lowest BCUT2D eigenvalue weighted by Crippen LogP contribution is -1.99. The van der Waals surface area contributed by atoms with Gasteiger partial charge < -0.3 is 10.1 Å². The first-order valence-corrected chi connectivity index (χ1v) is 4.84. The van der Waals surface area contributed by atoms with Gasteiger partial charge >= 0.3 is 0 Å². The van der Waals surface area contributed by atoms with Crippen molar-refractivity contribution in [1.29, 1.82) is 0 Å². The van der Waals surface area contributed by atoms with Crippen LogP contribution in [0.15, 0.2) is 18.2 Å². The zero-order valence-electron chi connectivity index (χ0n) is 9.89. The molecular formula is C11H14N2O4. The number of hydrogen-bond donors (Lipinski definition) is 1. The standard InChI is InChI=1S/C9H10N2O3.C2H4O/c1-6(12)7-3-4-8(10-2)9(5-7)11(13)14;1-2-3/h3-5,10H,1-2H3;2H,1H3. The fraction of sp³-hybridized carbons (Fsp3) is 0.273. The number of nitrogens with zero attached hydrogens (tertiary/aromatic N) is 1. The average Bonchev–Trinajstić information content (AvgIpc) is 2.29. The van der Waals surface area contributed by atoms with Crippen molar-refractivity contribution in [2.75, 3.05) is 12.4 Å². The van der Waals surface area contributed by atoms with E-state index < -0.39 is 4.92 Å². The summed E-state index contributed by atoms with van der Waals surface area (Å²) in [4.78, 5) is 29.9. The number of nitro benzene ring substituents is 1. The van der Waals surface area contributed by atoms with Crippen molar-refractivity contribution in [2.45, 2.75) is 13.8 Å². The van der Waals surface area contributed by atoms with Crippen LogP contribution in [-0.2, 0) is 4.79 Å². The lowest BCUT2D eigenvalue weighted by Gasteiger charge is -2.02. The highest BCUT2D eigenvalue weighted by Gasteiger charge is 2.14. The Morgan fingerprint density at radius 1 is 1.47 bits per heavy atom. The molecule has 6 nitrogen and oxygen atoms in total. The van der Waals surface area contributed by atoms with Gasteiger partial charge in [0.15, 0.2) is 5.78 Å². The molecule has 1 aromatic carbocycles. The SMILES string of the molecule is CC=O.CNc1ccc(C(C)=O)cc1[N+](=O)[O-]. The Kier molecular flexibility index (Phi) is 6.17. The summed E-state index contributed by atoms with van der Waals surface area (Å²) in [7, 11) is 1.59. The summed E-state index contributed by atoms with van der Waals surface area (Å²) in [6.45, 7) is 2.82. The molecular weight excluding hydrogens is 224 g/mol. The second-order valence-electron chi connectivity index (χ2n) is 3.03. The Balaban J connectivity index is 0.000000770. The van der Waals surface area contributed by atoms with Crippen LogP contribution in [-0.4, -0.2) is 24.0 Å². The maximum absolute atomic E-state index is 11.0. The number of benzene rings is 1. The maximum atomic E-state index is 11.0. The zero-order chi connectivity index (χ0) is 13.4. The van der Waals surface area contributed by atoms with Crippen LogP contribution in [0.25, 0.3) is 0 Å². The van der Waals surface area contributed by atoms with E-state index in [1.807, 2.05) is 0 Å². The van der Waals surface area contributed by atoms with Crippen LogP contribution < -0.4 is 5.32 Å². The van der Waals surface area contributed by atoms with E-state index in [1.54, 1.807) is 13.1 Å². The molecule has 0 aromatic heterocycles. The Morgan fingerprint density at radius 3 is 2.35 bits per heavy atom. The minimum Gasteiger partial charge on any atom is -0.383 e. The number of nitro groups is 1. The largest absolute Gasteiger partial charge is 0.383 e. The van der Waals surface area contributed by atoms with E-state index in [0.29, 0.717) is 11.3 Å². The number of ketones is 1. The molecule has 0 aliphatic heterocycles. The molecule has 0 aliphatic carbocycles. The molecule has 0 fully saturated rings. The number of aldehydes is 1. The van der Waals surface area contributed by atoms with Crippen molar-refractivity contribution < 1.29 is 14.5 Å². The van der Waals surface area contributed by atoms with Crippen LogP contribution in [0.2, 0.25) is 0 Å². The molecule has 0 spiro atoms. The minimum absolute atomic E-state index is 0.0831. The predicted octanol–water partition coefficient (Wildman–Crippen LogP) is 2.04. The molecule has 1 rings (SSSR count). The molecule has 92 valence electrons. The molecule has 0 heterocycles. The molecule has 17 heavy (non-hydrogen) atoms. The van der Waals surface area contributed by atoms with Gasteiger partial charge in [-0.1, -0.05) is 0 Å². The molecule has 0 atom stereocenters. The first-order valence-electron chi connectivity index (χ1n) is 4.84. The van der Waals surface area contributed by atoms with E-state index in [1.165, 1.54) is 26.0 Å². The summed E-state index contributed by atoms with van der Waals surface area (Å²) in [6.07, 6.45) is 0.750. The van der Waals surface area contributed by atoms with Gasteiger partial charge in [-0.2, -0.15) is 0 Å². The Labute approximate surface area is 98.8 Å². The van der Waals surface area contributed by atoms with Crippen LogP contribution in [0.1, 0.15) is 24.2 Å². The van der Waals surface area contributed by atoms with Gasteiger partial charge in [0.05, 0.1) is 4.92 Å². The molecule has 0 saturated heterocycles. The second-order valence-corrected chi connectivity index (χ2v) is 3.03. The normalized spacial score (nSPS) is 8.65. The molecule has 0 amide bonds. The molecule has 1 N–H and O–H groups in total. The Bertz CT molecular complexity index is 429. The molecule has 0 bridgehead atoms. The van der Waals surface area contributed by atoms with Gasteiger partial charge in [-0.25, -0.2) is 0 Å². The van der Waals surface area contributed by atoms with Crippen molar-refractivity contribution in [3.05, 3.63) is 33.9 Å². The quantitative estimate of drug-likeness (QED) is 0.376. The summed E-state index contributed by atoms with van der Waals surface area (Å²) in [5.74, 6) is -0.184. The van der Waals surface area contributed by atoms with Crippen molar-refractivity contribution in [3.8, 4) is 0 Å². The Hall–Kier alpha value is -2.24. The van der Waals surface area contributed by atoms with E-state index in [9.17, 15) is 14.9 Å². The van der Waals surface area contributed by atoms with Crippen LogP contribution in [0.5, 0.6) is 0 Å². The summed E-state index contributed by atoms with van der Waals surface area (Å²) in [5.41, 5.74) is 0.663. The third kappa shape index (κ3) is 4.42. The first kappa shape index (κ1) is 14.8. The first-order chi connectivity index (χ1) is 7.97. The van der Waals surface area contributed by atoms with E-state index in [0.717, 1.165) is 6.29 Å². The third-order valence-corrected chi connectivity index (χ3v) is 1.87. The fourth-order valence-electron chi connectivity index (χ4n) is 1.11. The predicted molar refractivity (Wildman–Crippen MR) is 64.4 cm³/mol. The van der Waals surface area contributed by atoms with Gasteiger partial charge in [0.25, 0.3) is 5.69 Å². The van der Waals surface area contributed by atoms with Gasteiger partial charge in [0.1, 0.15) is 12.0 Å². The molecule has 0 saturated carbocycles. The Morgan fingerprint density at radius 2 is 2.00 bits per heavy atom. The number of Topliss-reactive ketones (excluding diaryl/α,β-unsaturated/α-hetero) is 1. The van der Waals surface area contributed by atoms with E-state index in [2.05, 4.69) is 5.32 Å². The lowest BCUT2D eigenvalue weighted by atomic mass is 10.1. The van der Waals surface area contributed by atoms with E-state index in [4.69, 9.17) is 4.79 Å². The smallest absolute Gasteiger partial charge is 0.293 e. The van der Waals surface area contributed by atoms with Gasteiger partial charge in [-0.3, -0.25) is 14.9 Å². The van der Waals surface area contributed by atoms with Crippen molar-refractivity contribution in [2.24, 2.45) is 0 Å². The van der Waals surface area contributed by atoms with Crippen LogP contribution in [0.4, 0.5) is 11.4 Å². The summed E-state index contributed by atoms with van der Waals surface area (Å²) in [6, 6.07) is 4.35. The van der Waals surface area contributed by atoms with Crippen molar-refractivity contribution in [1.82, 2.24) is 0 Å². The number of carbonyl (C=O) groups excluding carboxylic acids is 2. The molecule has 0 unspecified atom stereocenters.